The van der Waals surface area contributed by atoms with Crippen molar-refractivity contribution in [3.8, 4) is 0 Å². The molecule has 0 aromatic heterocycles. The Bertz CT molecular complexity index is 61.8. The third-order valence-corrected chi connectivity index (χ3v) is 0.315. The van der Waals surface area contributed by atoms with Crippen LogP contribution in [0.25, 0.3) is 0 Å². The standard InChI is InChI=1S/C3H3ClO.Na/c1-2-3(4)5;/h2H,1H2;. The van der Waals surface area contributed by atoms with Crippen molar-refractivity contribution >= 4 is 46.4 Å². The molecule has 0 heterocycles. The summed E-state index contributed by atoms with van der Waals surface area (Å²) in [4.78, 5) is 9.46. The largest absolute Gasteiger partial charge is 0.276 e. The fourth-order valence-corrected chi connectivity index (χ4v) is 0. The van der Waals surface area contributed by atoms with E-state index in [0.717, 1.165) is 6.08 Å². The molecule has 6 heavy (non-hydrogen) atoms. The Labute approximate surface area is 63.7 Å². The van der Waals surface area contributed by atoms with Crippen LogP contribution in [-0.2, 0) is 4.79 Å². The van der Waals surface area contributed by atoms with E-state index in [0.29, 0.717) is 0 Å². The fourth-order valence-electron chi connectivity index (χ4n) is 0. The van der Waals surface area contributed by atoms with E-state index in [9.17, 15) is 4.79 Å². The zero-order chi connectivity index (χ0) is 4.28. The molecule has 0 spiro atoms. The molecule has 0 atom stereocenters. The van der Waals surface area contributed by atoms with Gasteiger partial charge in [-0.15, -0.1) is 0 Å². The molecule has 1 radical (unpaired) electrons. The molecular weight excluding hydrogens is 110 g/mol. The van der Waals surface area contributed by atoms with Gasteiger partial charge in [-0.05, 0) is 17.7 Å². The molecule has 0 aliphatic carbocycles. The van der Waals surface area contributed by atoms with E-state index < -0.39 is 5.24 Å². The van der Waals surface area contributed by atoms with E-state index in [-0.39, 0.29) is 29.6 Å². The van der Waals surface area contributed by atoms with E-state index in [1.807, 2.05) is 0 Å². The molecule has 0 saturated heterocycles. The average molecular weight is 113 g/mol. The van der Waals surface area contributed by atoms with Crippen LogP contribution < -0.4 is 0 Å². The van der Waals surface area contributed by atoms with Gasteiger partial charge in [-0.25, -0.2) is 0 Å². The summed E-state index contributed by atoms with van der Waals surface area (Å²) in [7, 11) is 0. The smallest absolute Gasteiger partial charge is 0.244 e. The number of hydrogen-bond donors (Lipinski definition) is 0. The molecule has 0 aromatic rings. The number of rotatable bonds is 1. The molecule has 1 nitrogen and oxygen atoms in total. The van der Waals surface area contributed by atoms with Crippen LogP contribution in [0.5, 0.6) is 0 Å². The summed E-state index contributed by atoms with van der Waals surface area (Å²) < 4.78 is 0. The van der Waals surface area contributed by atoms with E-state index in [4.69, 9.17) is 11.6 Å². The summed E-state index contributed by atoms with van der Waals surface area (Å²) in [5.74, 6) is 0. The van der Waals surface area contributed by atoms with E-state index in [1.165, 1.54) is 0 Å². The second-order valence-electron chi connectivity index (χ2n) is 0.508. The summed E-state index contributed by atoms with van der Waals surface area (Å²) in [5, 5.41) is -0.509. The summed E-state index contributed by atoms with van der Waals surface area (Å²) in [6.07, 6.45) is 1.04. The molecule has 0 aromatic carbocycles. The van der Waals surface area contributed by atoms with E-state index in [2.05, 4.69) is 6.58 Å². The van der Waals surface area contributed by atoms with E-state index in [1.54, 1.807) is 0 Å². The number of halogens is 1. The first-order valence-electron chi connectivity index (χ1n) is 1.09. The third-order valence-electron chi connectivity index (χ3n) is 0.160. The van der Waals surface area contributed by atoms with Gasteiger partial charge in [0, 0.05) is 29.6 Å². The Morgan fingerprint density at radius 2 is 2.00 bits per heavy atom. The van der Waals surface area contributed by atoms with Gasteiger partial charge in [0.2, 0.25) is 5.24 Å². The first kappa shape index (κ1) is 9.85. The summed E-state index contributed by atoms with van der Waals surface area (Å²) >= 11 is 4.71. The maximum Gasteiger partial charge on any atom is 0.244 e. The maximum absolute atomic E-state index is 9.46. The Hall–Kier alpha value is 0.700. The molecule has 29 valence electrons. The van der Waals surface area contributed by atoms with Crippen LogP contribution in [0, 0.1) is 0 Å². The molecule has 0 saturated carbocycles. The SMILES string of the molecule is C=CC(=O)Cl.[Na]. The van der Waals surface area contributed by atoms with Crippen LogP contribution in [0.1, 0.15) is 0 Å². The first-order chi connectivity index (χ1) is 2.27. The number of hydrogen-bond acceptors (Lipinski definition) is 1. The average Bonchev–Trinajstić information content (AvgIpc) is 1.38. The van der Waals surface area contributed by atoms with Crippen LogP contribution in [0.2, 0.25) is 0 Å². The molecule has 0 rings (SSSR count). The van der Waals surface area contributed by atoms with Crippen molar-refractivity contribution in [3.05, 3.63) is 12.7 Å². The zero-order valence-corrected chi connectivity index (χ0v) is 6.33. The van der Waals surface area contributed by atoms with Crippen molar-refractivity contribution in [2.24, 2.45) is 0 Å². The Morgan fingerprint density at radius 3 is 2.00 bits per heavy atom. The van der Waals surface area contributed by atoms with Crippen LogP contribution in [0.4, 0.5) is 0 Å². The van der Waals surface area contributed by atoms with E-state index >= 15 is 0 Å². The first-order valence-corrected chi connectivity index (χ1v) is 1.47. The van der Waals surface area contributed by atoms with Crippen LogP contribution in [0.15, 0.2) is 12.7 Å². The van der Waals surface area contributed by atoms with Crippen molar-refractivity contribution in [1.82, 2.24) is 0 Å². The molecule has 3 heteroatoms. The van der Waals surface area contributed by atoms with Gasteiger partial charge in [0.25, 0.3) is 0 Å². The molecule has 0 unspecified atom stereocenters. The maximum atomic E-state index is 9.46. The van der Waals surface area contributed by atoms with Gasteiger partial charge in [0.05, 0.1) is 0 Å². The monoisotopic (exact) mass is 113 g/mol. The van der Waals surface area contributed by atoms with Crippen molar-refractivity contribution in [2.75, 3.05) is 0 Å². The van der Waals surface area contributed by atoms with Gasteiger partial charge >= 0.3 is 0 Å². The van der Waals surface area contributed by atoms with Crippen molar-refractivity contribution in [1.29, 1.82) is 0 Å². The van der Waals surface area contributed by atoms with Crippen molar-refractivity contribution < 1.29 is 4.79 Å². The normalized spacial score (nSPS) is 5.50. The number of carbonyl (C=O) groups excluding carboxylic acids is 1. The van der Waals surface area contributed by atoms with Gasteiger partial charge in [0.1, 0.15) is 0 Å². The zero-order valence-electron chi connectivity index (χ0n) is 3.57. The molecular formula is C3H3ClNaO. The van der Waals surface area contributed by atoms with Gasteiger partial charge in [-0.2, -0.15) is 0 Å². The van der Waals surface area contributed by atoms with Gasteiger partial charge < -0.3 is 0 Å². The summed E-state index contributed by atoms with van der Waals surface area (Å²) in [6.45, 7) is 3.08. The van der Waals surface area contributed by atoms with Crippen LogP contribution in [0.3, 0.4) is 0 Å². The third kappa shape index (κ3) is 8.83. The second-order valence-corrected chi connectivity index (χ2v) is 0.881. The van der Waals surface area contributed by atoms with Crippen molar-refractivity contribution in [3.63, 3.8) is 0 Å². The molecule has 0 aliphatic rings. The Kier molecular flexibility index (Phi) is 9.36. The summed E-state index contributed by atoms with van der Waals surface area (Å²) in [6, 6.07) is 0. The molecule has 0 fully saturated rings. The quantitative estimate of drug-likeness (QED) is 0.276. The number of carbonyl (C=O) groups is 1. The minimum atomic E-state index is -0.509. The van der Waals surface area contributed by atoms with Gasteiger partial charge in [-0.3, -0.25) is 4.79 Å². The second kappa shape index (κ2) is 5.70. The Morgan fingerprint density at radius 1 is 1.83 bits per heavy atom. The molecule has 0 N–H and O–H groups in total. The van der Waals surface area contributed by atoms with Crippen LogP contribution in [-0.4, -0.2) is 34.8 Å². The van der Waals surface area contributed by atoms with Gasteiger partial charge in [-0.1, -0.05) is 6.58 Å². The topological polar surface area (TPSA) is 17.1 Å². The predicted molar refractivity (Wildman–Crippen MR) is 26.8 cm³/mol. The molecule has 0 amide bonds. The number of allylic oxidation sites excluding steroid dienone is 1. The molecule has 0 aliphatic heterocycles. The minimum Gasteiger partial charge on any atom is -0.276 e. The minimum absolute atomic E-state index is 0. The Balaban J connectivity index is 0. The van der Waals surface area contributed by atoms with Crippen LogP contribution >= 0.6 is 11.6 Å². The fraction of sp³-hybridized carbons (Fsp3) is 0. The summed E-state index contributed by atoms with van der Waals surface area (Å²) in [5.41, 5.74) is 0. The van der Waals surface area contributed by atoms with Crippen molar-refractivity contribution in [2.45, 2.75) is 0 Å². The predicted octanol–water partition coefficient (Wildman–Crippen LogP) is 0.557. The van der Waals surface area contributed by atoms with Gasteiger partial charge in [0.15, 0.2) is 0 Å². The molecule has 0 bridgehead atoms.